The molecule has 24 heavy (non-hydrogen) atoms. The average Bonchev–Trinajstić information content (AvgIpc) is 2.85. The van der Waals surface area contributed by atoms with E-state index in [0.29, 0.717) is 5.69 Å². The molecule has 0 bridgehead atoms. The van der Waals surface area contributed by atoms with Gasteiger partial charge in [0.25, 0.3) is 0 Å². The number of carbonyl (C=O) groups excluding carboxylic acids is 1. The summed E-state index contributed by atoms with van der Waals surface area (Å²) in [5.41, 5.74) is 4.15. The molecule has 0 spiro atoms. The van der Waals surface area contributed by atoms with Crippen molar-refractivity contribution in [3.8, 4) is 11.3 Å². The number of aromatic nitrogens is 2. The standard InChI is InChI=1S/C18H18FN3O2/c1-18(2,3)24-17(23)21-22-15-7-5-4-6-14(15)16(20-22)12-8-10-13(19)11-9-12/h4-11H,1-3H3,(H,21,23). The van der Waals surface area contributed by atoms with Crippen LogP contribution < -0.4 is 5.43 Å². The third-order valence-electron chi connectivity index (χ3n) is 3.30. The molecule has 0 fully saturated rings. The Bertz CT molecular complexity index is 879. The summed E-state index contributed by atoms with van der Waals surface area (Å²) in [7, 11) is 0. The van der Waals surface area contributed by atoms with Gasteiger partial charge in [-0.3, -0.25) is 0 Å². The number of rotatable bonds is 2. The van der Waals surface area contributed by atoms with E-state index in [1.54, 1.807) is 32.9 Å². The number of ether oxygens (including phenoxy) is 1. The van der Waals surface area contributed by atoms with Crippen LogP contribution in [0, 0.1) is 5.82 Å². The van der Waals surface area contributed by atoms with E-state index in [1.165, 1.54) is 16.9 Å². The Morgan fingerprint density at radius 1 is 1.12 bits per heavy atom. The van der Waals surface area contributed by atoms with E-state index in [2.05, 4.69) is 10.5 Å². The summed E-state index contributed by atoms with van der Waals surface area (Å²) in [6, 6.07) is 13.5. The number of benzene rings is 2. The summed E-state index contributed by atoms with van der Waals surface area (Å²) in [6.45, 7) is 5.37. The van der Waals surface area contributed by atoms with Gasteiger partial charge in [0.1, 0.15) is 17.1 Å². The summed E-state index contributed by atoms with van der Waals surface area (Å²) in [4.78, 5) is 13.4. The van der Waals surface area contributed by atoms with E-state index in [-0.39, 0.29) is 5.82 Å². The van der Waals surface area contributed by atoms with Gasteiger partial charge in [0, 0.05) is 10.9 Å². The van der Waals surface area contributed by atoms with Gasteiger partial charge in [-0.25, -0.2) is 14.6 Å². The zero-order valence-electron chi connectivity index (χ0n) is 13.7. The molecule has 1 N–H and O–H groups in total. The molecule has 0 radical (unpaired) electrons. The SMILES string of the molecule is CC(C)(C)OC(=O)Nn1nc(-c2ccc(F)cc2)c2ccccc21. The van der Waals surface area contributed by atoms with Gasteiger partial charge in [-0.15, -0.1) is 0 Å². The highest BCUT2D eigenvalue weighted by Gasteiger charge is 2.18. The molecule has 0 aliphatic carbocycles. The van der Waals surface area contributed by atoms with E-state index in [4.69, 9.17) is 4.74 Å². The zero-order chi connectivity index (χ0) is 17.3. The smallest absolute Gasteiger partial charge is 0.428 e. The summed E-state index contributed by atoms with van der Waals surface area (Å²) in [6.07, 6.45) is -0.596. The second-order valence-corrected chi connectivity index (χ2v) is 6.40. The highest BCUT2D eigenvalue weighted by Crippen LogP contribution is 2.27. The van der Waals surface area contributed by atoms with Gasteiger partial charge in [0.2, 0.25) is 0 Å². The number of fused-ring (bicyclic) bond motifs is 1. The highest BCUT2D eigenvalue weighted by molar-refractivity contribution is 5.94. The third kappa shape index (κ3) is 3.37. The summed E-state index contributed by atoms with van der Waals surface area (Å²) in [5, 5.41) is 5.29. The predicted molar refractivity (Wildman–Crippen MR) is 90.7 cm³/mol. The minimum atomic E-state index is -0.604. The van der Waals surface area contributed by atoms with Crippen LogP contribution in [0.15, 0.2) is 48.5 Å². The highest BCUT2D eigenvalue weighted by atomic mass is 19.1. The fraction of sp³-hybridized carbons (Fsp3) is 0.222. The monoisotopic (exact) mass is 327 g/mol. The Labute approximate surface area is 139 Å². The number of amides is 1. The maximum absolute atomic E-state index is 13.2. The van der Waals surface area contributed by atoms with Crippen molar-refractivity contribution in [3.63, 3.8) is 0 Å². The maximum atomic E-state index is 13.2. The number of nitrogens with zero attached hydrogens (tertiary/aromatic N) is 2. The number of halogens is 1. The van der Waals surface area contributed by atoms with Crippen LogP contribution in [0.25, 0.3) is 22.2 Å². The quantitative estimate of drug-likeness (QED) is 0.762. The third-order valence-corrected chi connectivity index (χ3v) is 3.30. The van der Waals surface area contributed by atoms with E-state index < -0.39 is 11.7 Å². The molecular formula is C18H18FN3O2. The molecule has 1 amide bonds. The first-order valence-electron chi connectivity index (χ1n) is 7.57. The van der Waals surface area contributed by atoms with Crippen LogP contribution in [0.1, 0.15) is 20.8 Å². The van der Waals surface area contributed by atoms with Crippen molar-refractivity contribution < 1.29 is 13.9 Å². The van der Waals surface area contributed by atoms with E-state index in [9.17, 15) is 9.18 Å². The predicted octanol–water partition coefficient (Wildman–Crippen LogP) is 4.32. The van der Waals surface area contributed by atoms with Crippen LogP contribution in [0.2, 0.25) is 0 Å². The summed E-state index contributed by atoms with van der Waals surface area (Å²) in [5.74, 6) is -0.311. The van der Waals surface area contributed by atoms with Gasteiger partial charge in [-0.2, -0.15) is 9.89 Å². The Morgan fingerprint density at radius 2 is 1.79 bits per heavy atom. The molecule has 0 saturated heterocycles. The number of hydrogen-bond donors (Lipinski definition) is 1. The van der Waals surface area contributed by atoms with Gasteiger partial charge in [-0.1, -0.05) is 18.2 Å². The fourth-order valence-corrected chi connectivity index (χ4v) is 2.36. The minimum Gasteiger partial charge on any atom is -0.443 e. The molecule has 1 aromatic heterocycles. The van der Waals surface area contributed by atoms with Crippen molar-refractivity contribution >= 4 is 17.0 Å². The van der Waals surface area contributed by atoms with Crippen LogP contribution in [0.4, 0.5) is 9.18 Å². The molecule has 0 unspecified atom stereocenters. The van der Waals surface area contributed by atoms with E-state index in [0.717, 1.165) is 16.5 Å². The fourth-order valence-electron chi connectivity index (χ4n) is 2.36. The lowest BCUT2D eigenvalue weighted by Crippen LogP contribution is -2.32. The molecule has 5 nitrogen and oxygen atoms in total. The molecule has 3 aromatic rings. The van der Waals surface area contributed by atoms with Crippen molar-refractivity contribution in [1.82, 2.24) is 9.89 Å². The van der Waals surface area contributed by atoms with Crippen molar-refractivity contribution in [1.29, 1.82) is 0 Å². The molecular weight excluding hydrogens is 309 g/mol. The molecule has 6 heteroatoms. The Hall–Kier alpha value is -2.89. The van der Waals surface area contributed by atoms with Crippen LogP contribution in [0.5, 0.6) is 0 Å². The van der Waals surface area contributed by atoms with E-state index >= 15 is 0 Å². The van der Waals surface area contributed by atoms with Crippen LogP contribution >= 0.6 is 0 Å². The number of nitrogens with one attached hydrogen (secondary N) is 1. The lowest BCUT2D eigenvalue weighted by atomic mass is 10.1. The number of para-hydroxylation sites is 1. The first kappa shape index (κ1) is 16.0. The van der Waals surface area contributed by atoms with Crippen molar-refractivity contribution in [2.75, 3.05) is 5.43 Å². The molecule has 0 saturated carbocycles. The Balaban J connectivity index is 2.01. The number of carbonyl (C=O) groups is 1. The topological polar surface area (TPSA) is 56.1 Å². The molecule has 124 valence electrons. The zero-order valence-corrected chi connectivity index (χ0v) is 13.7. The minimum absolute atomic E-state index is 0.311. The van der Waals surface area contributed by atoms with Crippen molar-refractivity contribution in [3.05, 3.63) is 54.3 Å². The van der Waals surface area contributed by atoms with Crippen molar-refractivity contribution in [2.45, 2.75) is 26.4 Å². The Kier molecular flexibility index (Phi) is 3.97. The van der Waals surface area contributed by atoms with Gasteiger partial charge in [-0.05, 0) is 51.1 Å². The molecule has 0 aliphatic rings. The molecule has 2 aromatic carbocycles. The normalized spacial score (nSPS) is 11.5. The van der Waals surface area contributed by atoms with Crippen LogP contribution in [-0.4, -0.2) is 21.6 Å². The van der Waals surface area contributed by atoms with Gasteiger partial charge >= 0.3 is 6.09 Å². The van der Waals surface area contributed by atoms with Crippen LogP contribution in [-0.2, 0) is 4.74 Å². The second-order valence-electron chi connectivity index (χ2n) is 6.40. The first-order chi connectivity index (χ1) is 11.3. The van der Waals surface area contributed by atoms with Gasteiger partial charge in [0.15, 0.2) is 0 Å². The lowest BCUT2D eigenvalue weighted by molar-refractivity contribution is 0.0611. The van der Waals surface area contributed by atoms with E-state index in [1.807, 2.05) is 24.3 Å². The largest absolute Gasteiger partial charge is 0.443 e. The van der Waals surface area contributed by atoms with Crippen LogP contribution in [0.3, 0.4) is 0 Å². The molecule has 0 atom stereocenters. The number of hydrogen-bond acceptors (Lipinski definition) is 3. The molecule has 1 heterocycles. The van der Waals surface area contributed by atoms with Gasteiger partial charge < -0.3 is 4.74 Å². The van der Waals surface area contributed by atoms with Gasteiger partial charge in [0.05, 0.1) is 5.52 Å². The average molecular weight is 327 g/mol. The maximum Gasteiger partial charge on any atom is 0.428 e. The second kappa shape index (κ2) is 5.96. The van der Waals surface area contributed by atoms with Crippen molar-refractivity contribution in [2.24, 2.45) is 0 Å². The lowest BCUT2D eigenvalue weighted by Gasteiger charge is -2.19. The summed E-state index contributed by atoms with van der Waals surface area (Å²) < 4.78 is 18.4. The Morgan fingerprint density at radius 3 is 2.46 bits per heavy atom. The molecule has 3 rings (SSSR count). The first-order valence-corrected chi connectivity index (χ1v) is 7.57. The molecule has 0 aliphatic heterocycles. The summed E-state index contributed by atoms with van der Waals surface area (Å²) >= 11 is 0.